The van der Waals surface area contributed by atoms with Crippen molar-refractivity contribution in [3.8, 4) is 0 Å². The van der Waals surface area contributed by atoms with E-state index in [4.69, 9.17) is 0 Å². The minimum absolute atomic E-state index is 0.138. The summed E-state index contributed by atoms with van der Waals surface area (Å²) in [4.78, 5) is 0. The largest absolute Gasteiger partial charge is 0.314 e. The van der Waals surface area contributed by atoms with Crippen LogP contribution in [0.25, 0.3) is 0 Å². The zero-order valence-corrected chi connectivity index (χ0v) is 11.5. The Hall–Kier alpha value is -0.890. The van der Waals surface area contributed by atoms with E-state index in [1.165, 1.54) is 31.2 Å². The molecule has 1 aliphatic carbocycles. The molecule has 0 amide bonds. The molecule has 0 spiro atoms. The number of hydrogen-bond acceptors (Lipinski definition) is 1. The molecule has 0 heterocycles. The molecule has 2 heteroatoms. The highest BCUT2D eigenvalue weighted by Gasteiger charge is 2.29. The Morgan fingerprint density at radius 2 is 1.89 bits per heavy atom. The van der Waals surface area contributed by atoms with E-state index in [1.54, 1.807) is 12.1 Å². The quantitative estimate of drug-likeness (QED) is 0.748. The van der Waals surface area contributed by atoms with Crippen LogP contribution in [0.1, 0.15) is 51.0 Å². The van der Waals surface area contributed by atoms with Crippen molar-refractivity contribution >= 4 is 0 Å². The standard InChI is InChI=1S/C16H24FN/c1-12(2)4-3-9-18-16-10-14(11-16)13-5-7-15(17)8-6-13/h5-8,12,14,16,18H,3-4,9-11H2,1-2H3. The predicted octanol–water partition coefficient (Wildman–Crippen LogP) is 4.10. The second-order valence-electron chi connectivity index (χ2n) is 5.91. The molecular formula is C16H24FN. The molecule has 1 aromatic carbocycles. The molecule has 1 N–H and O–H groups in total. The fourth-order valence-electron chi connectivity index (χ4n) is 2.61. The third kappa shape index (κ3) is 3.81. The van der Waals surface area contributed by atoms with Gasteiger partial charge in [-0.25, -0.2) is 4.39 Å². The summed E-state index contributed by atoms with van der Waals surface area (Å²) in [7, 11) is 0. The lowest BCUT2D eigenvalue weighted by Gasteiger charge is -2.36. The van der Waals surface area contributed by atoms with E-state index in [9.17, 15) is 4.39 Å². The Kier molecular flexibility index (Phi) is 4.76. The monoisotopic (exact) mass is 249 g/mol. The third-order valence-corrected chi connectivity index (χ3v) is 3.87. The van der Waals surface area contributed by atoms with Crippen LogP contribution in [0, 0.1) is 11.7 Å². The van der Waals surface area contributed by atoms with Gasteiger partial charge in [0.1, 0.15) is 5.82 Å². The first-order valence-corrected chi connectivity index (χ1v) is 7.14. The summed E-state index contributed by atoms with van der Waals surface area (Å²) in [6.07, 6.45) is 4.98. The number of nitrogens with one attached hydrogen (secondary N) is 1. The van der Waals surface area contributed by atoms with Crippen LogP contribution >= 0.6 is 0 Å². The summed E-state index contributed by atoms with van der Waals surface area (Å²) in [5.74, 6) is 1.30. The van der Waals surface area contributed by atoms with Gasteiger partial charge in [0.15, 0.2) is 0 Å². The highest BCUT2D eigenvalue weighted by atomic mass is 19.1. The Labute approximate surface area is 110 Å². The molecule has 1 saturated carbocycles. The summed E-state index contributed by atoms with van der Waals surface area (Å²) in [5.41, 5.74) is 1.29. The molecule has 1 aromatic rings. The van der Waals surface area contributed by atoms with Gasteiger partial charge >= 0.3 is 0 Å². The van der Waals surface area contributed by atoms with Gasteiger partial charge in [0.05, 0.1) is 0 Å². The van der Waals surface area contributed by atoms with Crippen LogP contribution in [0.4, 0.5) is 4.39 Å². The van der Waals surface area contributed by atoms with Crippen LogP contribution in [0.3, 0.4) is 0 Å². The SMILES string of the molecule is CC(C)CCCNC1CC(c2ccc(F)cc2)C1. The van der Waals surface area contributed by atoms with Gasteiger partial charge in [0, 0.05) is 6.04 Å². The van der Waals surface area contributed by atoms with Gasteiger partial charge in [-0.3, -0.25) is 0 Å². The maximum Gasteiger partial charge on any atom is 0.123 e. The van der Waals surface area contributed by atoms with Crippen LogP contribution in [0.5, 0.6) is 0 Å². The van der Waals surface area contributed by atoms with Crippen LogP contribution in [-0.4, -0.2) is 12.6 Å². The van der Waals surface area contributed by atoms with Gasteiger partial charge in [-0.15, -0.1) is 0 Å². The lowest BCUT2D eigenvalue weighted by atomic mass is 9.76. The highest BCUT2D eigenvalue weighted by Crippen LogP contribution is 2.36. The highest BCUT2D eigenvalue weighted by molar-refractivity contribution is 5.23. The molecule has 0 unspecified atom stereocenters. The number of rotatable bonds is 6. The molecule has 18 heavy (non-hydrogen) atoms. The molecular weight excluding hydrogens is 225 g/mol. The van der Waals surface area contributed by atoms with Gasteiger partial charge in [-0.05, 0) is 61.8 Å². The van der Waals surface area contributed by atoms with Crippen molar-refractivity contribution in [3.63, 3.8) is 0 Å². The number of hydrogen-bond donors (Lipinski definition) is 1. The van der Waals surface area contributed by atoms with Gasteiger partial charge in [-0.1, -0.05) is 26.0 Å². The molecule has 0 bridgehead atoms. The van der Waals surface area contributed by atoms with Crippen molar-refractivity contribution in [2.75, 3.05) is 6.54 Å². The van der Waals surface area contributed by atoms with Crippen LogP contribution in [-0.2, 0) is 0 Å². The zero-order chi connectivity index (χ0) is 13.0. The zero-order valence-electron chi connectivity index (χ0n) is 11.5. The second-order valence-corrected chi connectivity index (χ2v) is 5.91. The van der Waals surface area contributed by atoms with Crippen molar-refractivity contribution < 1.29 is 4.39 Å². The Morgan fingerprint density at radius 3 is 2.50 bits per heavy atom. The van der Waals surface area contributed by atoms with Gasteiger partial charge < -0.3 is 5.32 Å². The minimum atomic E-state index is -0.138. The van der Waals surface area contributed by atoms with E-state index in [-0.39, 0.29) is 5.82 Å². The van der Waals surface area contributed by atoms with Gasteiger partial charge in [0.25, 0.3) is 0 Å². The first-order valence-electron chi connectivity index (χ1n) is 7.14. The lowest BCUT2D eigenvalue weighted by Crippen LogP contribution is -2.40. The summed E-state index contributed by atoms with van der Waals surface area (Å²) < 4.78 is 12.8. The molecule has 1 fully saturated rings. The van der Waals surface area contributed by atoms with E-state index in [0.717, 1.165) is 12.5 Å². The van der Waals surface area contributed by atoms with Gasteiger partial charge in [-0.2, -0.15) is 0 Å². The van der Waals surface area contributed by atoms with E-state index < -0.39 is 0 Å². The first-order chi connectivity index (χ1) is 8.65. The van der Waals surface area contributed by atoms with Crippen molar-refractivity contribution in [3.05, 3.63) is 35.6 Å². The van der Waals surface area contributed by atoms with Crippen molar-refractivity contribution in [2.24, 2.45) is 5.92 Å². The van der Waals surface area contributed by atoms with Crippen LogP contribution in [0.2, 0.25) is 0 Å². The normalized spacial score (nSPS) is 23.1. The lowest BCUT2D eigenvalue weighted by molar-refractivity contribution is 0.288. The van der Waals surface area contributed by atoms with Gasteiger partial charge in [0.2, 0.25) is 0 Å². The fraction of sp³-hybridized carbons (Fsp3) is 0.625. The topological polar surface area (TPSA) is 12.0 Å². The molecule has 0 saturated heterocycles. The number of halogens is 1. The van der Waals surface area contributed by atoms with Crippen LogP contribution in [0.15, 0.2) is 24.3 Å². The molecule has 0 radical (unpaired) electrons. The van der Waals surface area contributed by atoms with Crippen molar-refractivity contribution in [1.29, 1.82) is 0 Å². The maximum atomic E-state index is 12.8. The number of benzene rings is 1. The Morgan fingerprint density at radius 1 is 1.22 bits per heavy atom. The van der Waals surface area contributed by atoms with Crippen molar-refractivity contribution in [2.45, 2.75) is 51.5 Å². The van der Waals surface area contributed by atoms with E-state index in [0.29, 0.717) is 12.0 Å². The van der Waals surface area contributed by atoms with Crippen LogP contribution < -0.4 is 5.32 Å². The predicted molar refractivity (Wildman–Crippen MR) is 74.2 cm³/mol. The Bertz CT molecular complexity index is 352. The Balaban J connectivity index is 1.63. The molecule has 1 nitrogen and oxygen atoms in total. The van der Waals surface area contributed by atoms with E-state index >= 15 is 0 Å². The fourth-order valence-corrected chi connectivity index (χ4v) is 2.61. The average molecular weight is 249 g/mol. The first kappa shape index (κ1) is 13.5. The third-order valence-electron chi connectivity index (χ3n) is 3.87. The van der Waals surface area contributed by atoms with Crippen molar-refractivity contribution in [1.82, 2.24) is 5.32 Å². The smallest absolute Gasteiger partial charge is 0.123 e. The summed E-state index contributed by atoms with van der Waals surface area (Å²) in [6.45, 7) is 5.68. The summed E-state index contributed by atoms with van der Waals surface area (Å²) >= 11 is 0. The molecule has 0 aromatic heterocycles. The second kappa shape index (κ2) is 6.33. The summed E-state index contributed by atoms with van der Waals surface area (Å²) in [6, 6.07) is 7.66. The average Bonchev–Trinajstić information content (AvgIpc) is 2.28. The molecule has 2 rings (SSSR count). The van der Waals surface area contributed by atoms with E-state index in [1.807, 2.05) is 12.1 Å². The molecule has 0 atom stereocenters. The molecule has 1 aliphatic rings. The minimum Gasteiger partial charge on any atom is -0.314 e. The molecule has 0 aliphatic heterocycles. The van der Waals surface area contributed by atoms with E-state index in [2.05, 4.69) is 19.2 Å². The molecule has 100 valence electrons. The maximum absolute atomic E-state index is 12.8. The summed E-state index contributed by atoms with van der Waals surface area (Å²) in [5, 5.41) is 3.61.